The Balaban J connectivity index is 2.03. The zero-order chi connectivity index (χ0) is 18.8. The summed E-state index contributed by atoms with van der Waals surface area (Å²) in [4.78, 5) is 23.1. The van der Waals surface area contributed by atoms with Gasteiger partial charge in [-0.25, -0.2) is 13.2 Å². The SMILES string of the molecule is CC(C)(C)NC(=O)C1CCN(S(=O)(=O)c2ccc(C(=O)O)cc2)CC1. The van der Waals surface area contributed by atoms with Crippen molar-refractivity contribution >= 4 is 21.9 Å². The second-order valence-corrected chi connectivity index (χ2v) is 9.19. The van der Waals surface area contributed by atoms with Gasteiger partial charge in [0.25, 0.3) is 0 Å². The van der Waals surface area contributed by atoms with E-state index in [0.717, 1.165) is 0 Å². The van der Waals surface area contributed by atoms with Crippen molar-refractivity contribution in [2.75, 3.05) is 13.1 Å². The zero-order valence-corrected chi connectivity index (χ0v) is 15.5. The summed E-state index contributed by atoms with van der Waals surface area (Å²) in [5.74, 6) is -1.34. The molecule has 2 N–H and O–H groups in total. The molecule has 0 radical (unpaired) electrons. The Kier molecular flexibility index (Phi) is 5.53. The zero-order valence-electron chi connectivity index (χ0n) is 14.7. The highest BCUT2D eigenvalue weighted by molar-refractivity contribution is 7.89. The monoisotopic (exact) mass is 368 g/mol. The number of piperidine rings is 1. The van der Waals surface area contributed by atoms with E-state index in [2.05, 4.69) is 5.32 Å². The molecule has 1 aliphatic rings. The molecule has 2 rings (SSSR count). The molecule has 1 aromatic rings. The molecule has 0 unspecified atom stereocenters. The number of carbonyl (C=O) groups is 2. The number of nitrogens with one attached hydrogen (secondary N) is 1. The van der Waals surface area contributed by atoms with Crippen LogP contribution in [0.4, 0.5) is 0 Å². The number of hydrogen-bond acceptors (Lipinski definition) is 4. The van der Waals surface area contributed by atoms with Gasteiger partial charge < -0.3 is 10.4 Å². The number of carbonyl (C=O) groups excluding carboxylic acids is 1. The summed E-state index contributed by atoms with van der Waals surface area (Å²) in [5.41, 5.74) is -0.275. The van der Waals surface area contributed by atoms with E-state index < -0.39 is 16.0 Å². The number of carboxylic acids is 1. The molecule has 1 heterocycles. The lowest BCUT2D eigenvalue weighted by atomic mass is 9.96. The number of carboxylic acid groups (broad SMARTS) is 1. The predicted octanol–water partition coefficient (Wildman–Crippen LogP) is 1.70. The summed E-state index contributed by atoms with van der Waals surface area (Å²) < 4.78 is 26.7. The second kappa shape index (κ2) is 7.13. The van der Waals surface area contributed by atoms with Crippen molar-refractivity contribution in [3.05, 3.63) is 29.8 Å². The summed E-state index contributed by atoms with van der Waals surface area (Å²) in [6.45, 7) is 6.26. The van der Waals surface area contributed by atoms with E-state index in [1.54, 1.807) is 0 Å². The maximum absolute atomic E-state index is 12.7. The third-order valence-corrected chi connectivity index (χ3v) is 5.97. The van der Waals surface area contributed by atoms with Crippen molar-refractivity contribution in [2.45, 2.75) is 44.0 Å². The third-order valence-electron chi connectivity index (χ3n) is 4.06. The van der Waals surface area contributed by atoms with Crippen LogP contribution in [0.3, 0.4) is 0 Å². The molecule has 0 atom stereocenters. The Morgan fingerprint density at radius 1 is 1.12 bits per heavy atom. The molecule has 0 aromatic heterocycles. The number of benzene rings is 1. The largest absolute Gasteiger partial charge is 0.478 e. The van der Waals surface area contributed by atoms with Gasteiger partial charge in [0.15, 0.2) is 0 Å². The van der Waals surface area contributed by atoms with Crippen LogP contribution in [0.25, 0.3) is 0 Å². The second-order valence-electron chi connectivity index (χ2n) is 7.25. The van der Waals surface area contributed by atoms with Crippen LogP contribution in [-0.4, -0.2) is 48.3 Å². The molecule has 0 bridgehead atoms. The van der Waals surface area contributed by atoms with E-state index >= 15 is 0 Å². The van der Waals surface area contributed by atoms with Crippen LogP contribution in [0.5, 0.6) is 0 Å². The van der Waals surface area contributed by atoms with Gasteiger partial charge in [0.05, 0.1) is 10.5 Å². The lowest BCUT2D eigenvalue weighted by Crippen LogP contribution is -2.47. The molecular formula is C17H24N2O5S. The molecule has 1 fully saturated rings. The van der Waals surface area contributed by atoms with Crippen LogP contribution >= 0.6 is 0 Å². The van der Waals surface area contributed by atoms with E-state index in [1.807, 2.05) is 20.8 Å². The van der Waals surface area contributed by atoms with Gasteiger partial charge in [-0.05, 0) is 57.9 Å². The van der Waals surface area contributed by atoms with E-state index in [-0.39, 0.29) is 40.9 Å². The highest BCUT2D eigenvalue weighted by atomic mass is 32.2. The molecule has 1 aliphatic heterocycles. The van der Waals surface area contributed by atoms with Crippen molar-refractivity contribution in [3.63, 3.8) is 0 Å². The van der Waals surface area contributed by atoms with E-state index in [9.17, 15) is 18.0 Å². The van der Waals surface area contributed by atoms with Crippen molar-refractivity contribution in [1.29, 1.82) is 0 Å². The van der Waals surface area contributed by atoms with Gasteiger partial charge in [0, 0.05) is 24.5 Å². The Hall–Kier alpha value is -1.93. The average molecular weight is 368 g/mol. The molecule has 1 saturated heterocycles. The van der Waals surface area contributed by atoms with Crippen LogP contribution in [0.2, 0.25) is 0 Å². The number of sulfonamides is 1. The lowest BCUT2D eigenvalue weighted by Gasteiger charge is -2.32. The number of rotatable bonds is 4. The Morgan fingerprint density at radius 3 is 2.08 bits per heavy atom. The van der Waals surface area contributed by atoms with Gasteiger partial charge in [0.2, 0.25) is 15.9 Å². The lowest BCUT2D eigenvalue weighted by molar-refractivity contribution is -0.127. The van der Waals surface area contributed by atoms with E-state index in [0.29, 0.717) is 12.8 Å². The minimum absolute atomic E-state index is 0.0384. The highest BCUT2D eigenvalue weighted by Gasteiger charge is 2.33. The first kappa shape index (κ1) is 19.4. The first-order valence-electron chi connectivity index (χ1n) is 8.16. The van der Waals surface area contributed by atoms with Gasteiger partial charge in [0.1, 0.15) is 0 Å². The van der Waals surface area contributed by atoms with E-state index in [1.165, 1.54) is 28.6 Å². The summed E-state index contributed by atoms with van der Waals surface area (Å²) >= 11 is 0. The molecule has 0 saturated carbocycles. The first-order valence-corrected chi connectivity index (χ1v) is 9.60. The first-order chi connectivity index (χ1) is 11.5. The Bertz CT molecular complexity index is 742. The molecule has 0 spiro atoms. The number of amides is 1. The van der Waals surface area contributed by atoms with Gasteiger partial charge in [-0.2, -0.15) is 4.31 Å². The van der Waals surface area contributed by atoms with Gasteiger partial charge >= 0.3 is 5.97 Å². The number of hydrogen-bond donors (Lipinski definition) is 2. The highest BCUT2D eigenvalue weighted by Crippen LogP contribution is 2.24. The third kappa shape index (κ3) is 4.79. The van der Waals surface area contributed by atoms with Gasteiger partial charge in [-0.1, -0.05) is 0 Å². The van der Waals surface area contributed by atoms with E-state index in [4.69, 9.17) is 5.11 Å². The van der Waals surface area contributed by atoms with Crippen LogP contribution in [-0.2, 0) is 14.8 Å². The number of aromatic carboxylic acids is 1. The van der Waals surface area contributed by atoms with Crippen LogP contribution in [0.1, 0.15) is 44.0 Å². The van der Waals surface area contributed by atoms with Crippen LogP contribution < -0.4 is 5.32 Å². The standard InChI is InChI=1S/C17H24N2O5S/c1-17(2,3)18-15(20)12-8-10-19(11-9-12)25(23,24)14-6-4-13(5-7-14)16(21)22/h4-7,12H,8-11H2,1-3H3,(H,18,20)(H,21,22). The average Bonchev–Trinajstić information content (AvgIpc) is 2.53. The minimum atomic E-state index is -3.68. The fraction of sp³-hybridized carbons (Fsp3) is 0.529. The van der Waals surface area contributed by atoms with Gasteiger partial charge in [-0.3, -0.25) is 4.79 Å². The molecule has 1 aromatic carbocycles. The minimum Gasteiger partial charge on any atom is -0.478 e. The van der Waals surface area contributed by atoms with Crippen molar-refractivity contribution in [3.8, 4) is 0 Å². The molecule has 138 valence electrons. The Labute approximate surface area is 148 Å². The predicted molar refractivity (Wildman–Crippen MR) is 92.8 cm³/mol. The molecular weight excluding hydrogens is 344 g/mol. The molecule has 7 nitrogen and oxygen atoms in total. The fourth-order valence-corrected chi connectivity index (χ4v) is 4.22. The maximum Gasteiger partial charge on any atom is 0.335 e. The summed E-state index contributed by atoms with van der Waals surface area (Å²) in [5, 5.41) is 11.8. The summed E-state index contributed by atoms with van der Waals surface area (Å²) in [6.07, 6.45) is 0.933. The van der Waals surface area contributed by atoms with Crippen molar-refractivity contribution in [2.24, 2.45) is 5.92 Å². The Morgan fingerprint density at radius 2 is 1.64 bits per heavy atom. The maximum atomic E-state index is 12.7. The fourth-order valence-electron chi connectivity index (χ4n) is 2.75. The van der Waals surface area contributed by atoms with Gasteiger partial charge in [-0.15, -0.1) is 0 Å². The van der Waals surface area contributed by atoms with Crippen LogP contribution in [0, 0.1) is 5.92 Å². The normalized spacial score (nSPS) is 17.2. The molecule has 1 amide bonds. The summed E-state index contributed by atoms with van der Waals surface area (Å²) in [6, 6.07) is 5.16. The van der Waals surface area contributed by atoms with Crippen molar-refractivity contribution in [1.82, 2.24) is 9.62 Å². The molecule has 8 heteroatoms. The van der Waals surface area contributed by atoms with Crippen LogP contribution in [0.15, 0.2) is 29.2 Å². The molecule has 0 aliphatic carbocycles. The topological polar surface area (TPSA) is 104 Å². The number of nitrogens with zero attached hydrogens (tertiary/aromatic N) is 1. The smallest absolute Gasteiger partial charge is 0.335 e. The molecule has 25 heavy (non-hydrogen) atoms. The quantitative estimate of drug-likeness (QED) is 0.842. The van der Waals surface area contributed by atoms with Crippen molar-refractivity contribution < 1.29 is 23.1 Å². The summed E-state index contributed by atoms with van der Waals surface area (Å²) in [7, 11) is -3.68.